The minimum absolute atomic E-state index is 0.0468. The van der Waals surface area contributed by atoms with Gasteiger partial charge in [0, 0.05) is 0 Å². The Labute approximate surface area is 203 Å². The van der Waals surface area contributed by atoms with Gasteiger partial charge < -0.3 is 14.8 Å². The third-order valence-corrected chi connectivity index (χ3v) is 6.09. The molecule has 0 fully saturated rings. The van der Waals surface area contributed by atoms with Crippen molar-refractivity contribution >= 4 is 28.0 Å². The quantitative estimate of drug-likeness (QED) is 0.413. The van der Waals surface area contributed by atoms with E-state index in [2.05, 4.69) is 5.32 Å². The SMILES string of the molecule is O=C(C[C@H](NC(=O)OCc1ccccc1)C(=O)NS(=O)(=O)c1ccccc1)OCc1ccccc1. The first-order chi connectivity index (χ1) is 16.8. The first-order valence-corrected chi connectivity index (χ1v) is 12.1. The Hall–Kier alpha value is -4.18. The van der Waals surface area contributed by atoms with Gasteiger partial charge in [0.15, 0.2) is 0 Å². The van der Waals surface area contributed by atoms with Crippen molar-refractivity contribution < 1.29 is 32.3 Å². The van der Waals surface area contributed by atoms with E-state index in [4.69, 9.17) is 9.47 Å². The second kappa shape index (κ2) is 12.3. The van der Waals surface area contributed by atoms with Gasteiger partial charge in [-0.15, -0.1) is 0 Å². The average molecular weight is 497 g/mol. The topological polar surface area (TPSA) is 128 Å². The lowest BCUT2D eigenvalue weighted by Crippen LogP contribution is -2.49. The number of hydrogen-bond acceptors (Lipinski definition) is 7. The molecule has 0 heterocycles. The fourth-order valence-electron chi connectivity index (χ4n) is 2.94. The van der Waals surface area contributed by atoms with Gasteiger partial charge in [0.05, 0.1) is 11.3 Å². The molecule has 0 aromatic heterocycles. The zero-order chi connectivity index (χ0) is 25.1. The van der Waals surface area contributed by atoms with E-state index in [1.165, 1.54) is 24.3 Å². The summed E-state index contributed by atoms with van der Waals surface area (Å²) in [5, 5.41) is 2.25. The molecule has 3 aromatic carbocycles. The lowest BCUT2D eigenvalue weighted by atomic mass is 10.2. The summed E-state index contributed by atoms with van der Waals surface area (Å²) < 4.78 is 37.3. The Balaban J connectivity index is 1.66. The average Bonchev–Trinajstić information content (AvgIpc) is 2.87. The molecule has 1 atom stereocenters. The predicted octanol–water partition coefficient (Wildman–Crippen LogP) is 2.92. The van der Waals surface area contributed by atoms with Crippen LogP contribution in [0.3, 0.4) is 0 Å². The molecule has 0 unspecified atom stereocenters. The summed E-state index contributed by atoms with van der Waals surface area (Å²) in [4.78, 5) is 37.3. The third kappa shape index (κ3) is 8.27. The van der Waals surface area contributed by atoms with Crippen LogP contribution in [0.15, 0.2) is 95.9 Å². The molecule has 0 aliphatic rings. The van der Waals surface area contributed by atoms with E-state index in [-0.39, 0.29) is 18.1 Å². The number of carbonyl (C=O) groups excluding carboxylic acids is 3. The summed E-state index contributed by atoms with van der Waals surface area (Å²) in [6.07, 6.45) is -1.61. The molecule has 2 N–H and O–H groups in total. The van der Waals surface area contributed by atoms with Gasteiger partial charge in [0.2, 0.25) is 0 Å². The second-order valence-corrected chi connectivity index (χ2v) is 9.07. The number of nitrogens with one attached hydrogen (secondary N) is 2. The molecular weight excluding hydrogens is 472 g/mol. The largest absolute Gasteiger partial charge is 0.461 e. The molecular formula is C25H24N2O7S. The lowest BCUT2D eigenvalue weighted by molar-refractivity contribution is -0.146. The number of hydrogen-bond donors (Lipinski definition) is 2. The van der Waals surface area contributed by atoms with Crippen LogP contribution in [-0.2, 0) is 42.3 Å². The first kappa shape index (κ1) is 25.4. The highest BCUT2D eigenvalue weighted by Gasteiger charge is 2.29. The maximum Gasteiger partial charge on any atom is 0.408 e. The summed E-state index contributed by atoms with van der Waals surface area (Å²) >= 11 is 0. The smallest absolute Gasteiger partial charge is 0.408 e. The Morgan fingerprint density at radius 3 is 1.74 bits per heavy atom. The Bertz CT molecular complexity index is 1180. The maximum atomic E-state index is 12.8. The van der Waals surface area contributed by atoms with E-state index < -0.39 is 40.5 Å². The van der Waals surface area contributed by atoms with E-state index in [0.29, 0.717) is 5.56 Å². The minimum atomic E-state index is -4.23. The maximum absolute atomic E-state index is 12.8. The van der Waals surface area contributed by atoms with Crippen LogP contribution >= 0.6 is 0 Å². The van der Waals surface area contributed by atoms with Gasteiger partial charge in [-0.3, -0.25) is 9.59 Å². The van der Waals surface area contributed by atoms with Gasteiger partial charge in [-0.2, -0.15) is 0 Å². The summed E-state index contributed by atoms with van der Waals surface area (Å²) in [6, 6.07) is 23.4. The van der Waals surface area contributed by atoms with Crippen LogP contribution in [-0.4, -0.2) is 32.4 Å². The number of ether oxygens (including phenoxy) is 2. The molecule has 35 heavy (non-hydrogen) atoms. The molecule has 9 nitrogen and oxygen atoms in total. The zero-order valence-corrected chi connectivity index (χ0v) is 19.4. The summed E-state index contributed by atoms with van der Waals surface area (Å²) in [5.41, 5.74) is 1.43. The molecule has 3 aromatic rings. The molecule has 3 rings (SSSR count). The van der Waals surface area contributed by atoms with Crippen LogP contribution in [0.1, 0.15) is 17.5 Å². The fraction of sp³-hybridized carbons (Fsp3) is 0.160. The van der Waals surface area contributed by atoms with E-state index in [0.717, 1.165) is 5.56 Å². The van der Waals surface area contributed by atoms with E-state index in [1.54, 1.807) is 60.7 Å². The molecule has 2 amide bonds. The van der Waals surface area contributed by atoms with Crippen LogP contribution in [0.2, 0.25) is 0 Å². The molecule has 10 heteroatoms. The van der Waals surface area contributed by atoms with Gasteiger partial charge in [-0.25, -0.2) is 17.9 Å². The standard InChI is InChI=1S/C25H24N2O7S/c28-23(33-17-19-10-4-1-5-11-19)16-22(26-25(30)34-18-20-12-6-2-7-13-20)24(29)27-35(31,32)21-14-8-3-9-15-21/h1-15,22H,16-18H2,(H,26,30)(H,27,29)/t22-/m0/s1. The van der Waals surface area contributed by atoms with E-state index in [1.807, 2.05) is 10.8 Å². The first-order valence-electron chi connectivity index (χ1n) is 10.6. The number of alkyl carbamates (subject to hydrolysis) is 1. The van der Waals surface area contributed by atoms with Crippen molar-refractivity contribution in [3.63, 3.8) is 0 Å². The van der Waals surface area contributed by atoms with Crippen molar-refractivity contribution in [2.24, 2.45) is 0 Å². The molecule has 0 aliphatic carbocycles. The van der Waals surface area contributed by atoms with Crippen LogP contribution in [0.5, 0.6) is 0 Å². The highest BCUT2D eigenvalue weighted by Crippen LogP contribution is 2.09. The predicted molar refractivity (Wildman–Crippen MR) is 126 cm³/mol. The summed E-state index contributed by atoms with van der Waals surface area (Å²) in [6.45, 7) is -0.128. The molecule has 182 valence electrons. The van der Waals surface area contributed by atoms with Crippen LogP contribution in [0.25, 0.3) is 0 Å². The lowest BCUT2D eigenvalue weighted by Gasteiger charge is -2.18. The number of amides is 2. The van der Waals surface area contributed by atoms with Crippen molar-refractivity contribution in [2.75, 3.05) is 0 Å². The van der Waals surface area contributed by atoms with Gasteiger partial charge in [0.25, 0.3) is 15.9 Å². The van der Waals surface area contributed by atoms with Crippen molar-refractivity contribution in [1.82, 2.24) is 10.0 Å². The normalized spacial score (nSPS) is 11.7. The number of carbonyl (C=O) groups is 3. The van der Waals surface area contributed by atoms with Crippen LogP contribution in [0.4, 0.5) is 4.79 Å². The molecule has 0 aliphatic heterocycles. The van der Waals surface area contributed by atoms with Crippen LogP contribution < -0.4 is 10.0 Å². The van der Waals surface area contributed by atoms with Crippen molar-refractivity contribution in [3.8, 4) is 0 Å². The van der Waals surface area contributed by atoms with Crippen molar-refractivity contribution in [3.05, 3.63) is 102 Å². The number of esters is 1. The van der Waals surface area contributed by atoms with Crippen molar-refractivity contribution in [2.45, 2.75) is 30.6 Å². The van der Waals surface area contributed by atoms with Gasteiger partial charge in [-0.1, -0.05) is 78.9 Å². The van der Waals surface area contributed by atoms with Crippen molar-refractivity contribution in [1.29, 1.82) is 0 Å². The zero-order valence-electron chi connectivity index (χ0n) is 18.6. The van der Waals surface area contributed by atoms with E-state index >= 15 is 0 Å². The Kier molecular flexibility index (Phi) is 8.96. The number of benzene rings is 3. The molecule has 0 saturated carbocycles. The Morgan fingerprint density at radius 1 is 0.714 bits per heavy atom. The fourth-order valence-corrected chi connectivity index (χ4v) is 3.98. The minimum Gasteiger partial charge on any atom is -0.461 e. The molecule has 0 bridgehead atoms. The molecule has 0 spiro atoms. The number of sulfonamides is 1. The highest BCUT2D eigenvalue weighted by molar-refractivity contribution is 7.90. The monoisotopic (exact) mass is 496 g/mol. The summed E-state index contributed by atoms with van der Waals surface area (Å²) in [5.74, 6) is -1.92. The Morgan fingerprint density at radius 2 is 1.20 bits per heavy atom. The molecule has 0 radical (unpaired) electrons. The second-order valence-electron chi connectivity index (χ2n) is 7.39. The van der Waals surface area contributed by atoms with Gasteiger partial charge in [0.1, 0.15) is 19.3 Å². The molecule has 0 saturated heterocycles. The van der Waals surface area contributed by atoms with Crippen LogP contribution in [0, 0.1) is 0 Å². The van der Waals surface area contributed by atoms with Gasteiger partial charge in [-0.05, 0) is 23.3 Å². The summed E-state index contributed by atoms with van der Waals surface area (Å²) in [7, 11) is -4.23. The highest BCUT2D eigenvalue weighted by atomic mass is 32.2. The van der Waals surface area contributed by atoms with Gasteiger partial charge >= 0.3 is 12.1 Å². The van der Waals surface area contributed by atoms with E-state index in [9.17, 15) is 22.8 Å². The third-order valence-electron chi connectivity index (χ3n) is 4.72. The number of rotatable bonds is 10.